The van der Waals surface area contributed by atoms with E-state index in [9.17, 15) is 0 Å². The maximum absolute atomic E-state index is 9.08. The van der Waals surface area contributed by atoms with Crippen LogP contribution in [-0.2, 0) is 6.42 Å². The Bertz CT molecular complexity index is 811. The van der Waals surface area contributed by atoms with Crippen molar-refractivity contribution >= 4 is 0 Å². The van der Waals surface area contributed by atoms with Gasteiger partial charge >= 0.3 is 0 Å². The molecular formula is C27H37N3. The van der Waals surface area contributed by atoms with E-state index in [-0.39, 0.29) is 0 Å². The molecule has 160 valence electrons. The molecule has 2 aromatic rings. The predicted octanol–water partition coefficient (Wildman–Crippen LogP) is 7.42. The molecule has 1 heterocycles. The Morgan fingerprint density at radius 1 is 0.933 bits per heavy atom. The molecule has 0 saturated heterocycles. The van der Waals surface area contributed by atoms with Crippen molar-refractivity contribution in [3.05, 3.63) is 47.3 Å². The van der Waals surface area contributed by atoms with E-state index in [4.69, 9.17) is 5.26 Å². The fourth-order valence-corrected chi connectivity index (χ4v) is 4.78. The Kier molecular flexibility index (Phi) is 8.87. The summed E-state index contributed by atoms with van der Waals surface area (Å²) in [5.41, 5.74) is 3.90. The molecule has 1 aliphatic rings. The third kappa shape index (κ3) is 6.66. The third-order valence-electron chi connectivity index (χ3n) is 6.83. The summed E-state index contributed by atoms with van der Waals surface area (Å²) in [7, 11) is 0. The minimum atomic E-state index is 0.710. The van der Waals surface area contributed by atoms with Gasteiger partial charge in [-0.25, -0.2) is 9.97 Å². The normalized spacial score (nSPS) is 18.8. The Morgan fingerprint density at radius 2 is 1.60 bits per heavy atom. The zero-order valence-corrected chi connectivity index (χ0v) is 18.9. The Labute approximate surface area is 183 Å². The van der Waals surface area contributed by atoms with E-state index in [2.05, 4.69) is 23.0 Å². The zero-order chi connectivity index (χ0) is 21.2. The molecular weight excluding hydrogens is 366 g/mol. The first-order chi connectivity index (χ1) is 14.7. The van der Waals surface area contributed by atoms with E-state index in [0.29, 0.717) is 5.56 Å². The van der Waals surface area contributed by atoms with E-state index in [0.717, 1.165) is 35.2 Å². The van der Waals surface area contributed by atoms with Crippen molar-refractivity contribution in [1.82, 2.24) is 9.97 Å². The maximum atomic E-state index is 9.08. The number of nitrogens with zero attached hydrogens (tertiary/aromatic N) is 3. The largest absolute Gasteiger partial charge is 0.236 e. The van der Waals surface area contributed by atoms with Crippen molar-refractivity contribution in [1.29, 1.82) is 5.26 Å². The predicted molar refractivity (Wildman–Crippen MR) is 124 cm³/mol. The number of rotatable bonds is 10. The summed E-state index contributed by atoms with van der Waals surface area (Å²) in [4.78, 5) is 9.16. The van der Waals surface area contributed by atoms with E-state index in [1.165, 1.54) is 76.2 Å². The summed E-state index contributed by atoms with van der Waals surface area (Å²) in [5, 5.41) is 9.08. The van der Waals surface area contributed by atoms with Crippen LogP contribution in [0.3, 0.4) is 0 Å². The minimum absolute atomic E-state index is 0.710. The van der Waals surface area contributed by atoms with Crippen molar-refractivity contribution in [2.75, 3.05) is 0 Å². The minimum Gasteiger partial charge on any atom is -0.236 e. The van der Waals surface area contributed by atoms with Crippen molar-refractivity contribution in [2.45, 2.75) is 90.9 Å². The first-order valence-corrected chi connectivity index (χ1v) is 12.0. The summed E-state index contributed by atoms with van der Waals surface area (Å²) < 4.78 is 0. The molecule has 3 heteroatoms. The molecule has 30 heavy (non-hydrogen) atoms. The topological polar surface area (TPSA) is 49.6 Å². The van der Waals surface area contributed by atoms with E-state index >= 15 is 0 Å². The van der Waals surface area contributed by atoms with Gasteiger partial charge in [0.05, 0.1) is 11.6 Å². The monoisotopic (exact) mass is 403 g/mol. The molecule has 1 saturated carbocycles. The molecule has 0 radical (unpaired) electrons. The lowest BCUT2D eigenvalue weighted by atomic mass is 9.78. The highest BCUT2D eigenvalue weighted by molar-refractivity contribution is 5.58. The van der Waals surface area contributed by atoms with Gasteiger partial charge in [0, 0.05) is 18.0 Å². The number of aryl methyl sites for hydroxylation is 2. The second-order valence-corrected chi connectivity index (χ2v) is 9.18. The van der Waals surface area contributed by atoms with Gasteiger partial charge in [-0.1, -0.05) is 71.1 Å². The maximum Gasteiger partial charge on any atom is 0.159 e. The fourth-order valence-electron chi connectivity index (χ4n) is 4.78. The van der Waals surface area contributed by atoms with Crippen LogP contribution < -0.4 is 0 Å². The highest BCUT2D eigenvalue weighted by atomic mass is 14.9. The number of unbranched alkanes of at least 4 members (excludes halogenated alkanes) is 4. The second kappa shape index (κ2) is 11.8. The quantitative estimate of drug-likeness (QED) is 0.388. The summed E-state index contributed by atoms with van der Waals surface area (Å²) in [6.45, 7) is 4.25. The number of nitriles is 1. The standard InChI is InChI=1S/C27H37N3/c1-3-4-5-6-7-8-22-9-11-23(12-10-22)13-14-24-19-29-27(30-20-24)25-15-16-26(18-28)21(2)17-25/h15-17,19-20,22-23H,3-14H2,1-2H3/t22-,23-. The van der Waals surface area contributed by atoms with Crippen LogP contribution in [0.2, 0.25) is 0 Å². The van der Waals surface area contributed by atoms with Gasteiger partial charge in [-0.3, -0.25) is 0 Å². The van der Waals surface area contributed by atoms with E-state index in [1.807, 2.05) is 37.5 Å². The lowest BCUT2D eigenvalue weighted by molar-refractivity contribution is 0.248. The average molecular weight is 404 g/mol. The lowest BCUT2D eigenvalue weighted by Gasteiger charge is -2.28. The molecule has 3 rings (SSSR count). The van der Waals surface area contributed by atoms with Gasteiger partial charge in [0.25, 0.3) is 0 Å². The smallest absolute Gasteiger partial charge is 0.159 e. The van der Waals surface area contributed by atoms with Crippen molar-refractivity contribution in [3.63, 3.8) is 0 Å². The Balaban J connectivity index is 1.40. The van der Waals surface area contributed by atoms with Gasteiger partial charge in [-0.15, -0.1) is 0 Å². The molecule has 1 aliphatic carbocycles. The van der Waals surface area contributed by atoms with Gasteiger partial charge in [0.2, 0.25) is 0 Å². The van der Waals surface area contributed by atoms with Crippen molar-refractivity contribution in [2.24, 2.45) is 11.8 Å². The van der Waals surface area contributed by atoms with Crippen LogP contribution >= 0.6 is 0 Å². The van der Waals surface area contributed by atoms with Crippen molar-refractivity contribution < 1.29 is 0 Å². The lowest BCUT2D eigenvalue weighted by Crippen LogP contribution is -2.15. The first-order valence-electron chi connectivity index (χ1n) is 12.0. The highest BCUT2D eigenvalue weighted by Crippen LogP contribution is 2.34. The van der Waals surface area contributed by atoms with Crippen LogP contribution in [0, 0.1) is 30.1 Å². The van der Waals surface area contributed by atoms with E-state index < -0.39 is 0 Å². The summed E-state index contributed by atoms with van der Waals surface area (Å²) in [5.74, 6) is 2.61. The van der Waals surface area contributed by atoms with Gasteiger partial charge in [0.15, 0.2) is 5.82 Å². The van der Waals surface area contributed by atoms with Crippen LogP contribution in [-0.4, -0.2) is 9.97 Å². The number of benzene rings is 1. The molecule has 1 aromatic heterocycles. The Morgan fingerprint density at radius 3 is 2.23 bits per heavy atom. The third-order valence-corrected chi connectivity index (χ3v) is 6.83. The SMILES string of the molecule is CCCCCCC[C@H]1CC[C@H](CCc2cnc(-c3ccc(C#N)c(C)c3)nc2)CC1. The molecule has 0 spiro atoms. The molecule has 0 bridgehead atoms. The molecule has 3 nitrogen and oxygen atoms in total. The highest BCUT2D eigenvalue weighted by Gasteiger charge is 2.20. The first kappa shape index (κ1) is 22.5. The van der Waals surface area contributed by atoms with Crippen LogP contribution in [0.25, 0.3) is 11.4 Å². The van der Waals surface area contributed by atoms with Gasteiger partial charge in [-0.2, -0.15) is 5.26 Å². The molecule has 0 unspecified atom stereocenters. The summed E-state index contributed by atoms with van der Waals surface area (Å²) >= 11 is 0. The molecule has 0 atom stereocenters. The fraction of sp³-hybridized carbons (Fsp3) is 0.593. The van der Waals surface area contributed by atoms with Crippen LogP contribution in [0.4, 0.5) is 0 Å². The second-order valence-electron chi connectivity index (χ2n) is 9.18. The van der Waals surface area contributed by atoms with Gasteiger partial charge < -0.3 is 0 Å². The molecule has 1 aromatic carbocycles. The number of hydrogen-bond donors (Lipinski definition) is 0. The van der Waals surface area contributed by atoms with E-state index in [1.54, 1.807) is 0 Å². The molecule has 0 N–H and O–H groups in total. The number of hydrogen-bond acceptors (Lipinski definition) is 3. The number of aromatic nitrogens is 2. The Hall–Kier alpha value is -2.21. The van der Waals surface area contributed by atoms with Crippen LogP contribution in [0.15, 0.2) is 30.6 Å². The van der Waals surface area contributed by atoms with Crippen LogP contribution in [0.1, 0.15) is 94.2 Å². The van der Waals surface area contributed by atoms with Gasteiger partial charge in [0.1, 0.15) is 0 Å². The summed E-state index contributed by atoms with van der Waals surface area (Å²) in [6.07, 6.45) is 20.5. The van der Waals surface area contributed by atoms with Gasteiger partial charge in [-0.05, 0) is 60.9 Å². The van der Waals surface area contributed by atoms with Crippen LogP contribution in [0.5, 0.6) is 0 Å². The molecule has 0 aliphatic heterocycles. The zero-order valence-electron chi connectivity index (χ0n) is 18.9. The summed E-state index contributed by atoms with van der Waals surface area (Å²) in [6, 6.07) is 7.99. The molecule has 0 amide bonds. The molecule has 1 fully saturated rings. The van der Waals surface area contributed by atoms with Crippen molar-refractivity contribution in [3.8, 4) is 17.5 Å². The average Bonchev–Trinajstić information content (AvgIpc) is 2.78.